The van der Waals surface area contributed by atoms with Crippen molar-refractivity contribution in [1.82, 2.24) is 14.6 Å². The van der Waals surface area contributed by atoms with Crippen LogP contribution in [0.25, 0.3) is 0 Å². The lowest BCUT2D eigenvalue weighted by Gasteiger charge is -2.36. The van der Waals surface area contributed by atoms with Gasteiger partial charge in [-0.1, -0.05) is 32.8 Å². The smallest absolute Gasteiger partial charge is 0.270 e. The zero-order valence-electron chi connectivity index (χ0n) is 21.2. The average molecular weight is 518 g/mol. The quantitative estimate of drug-likeness (QED) is 0.414. The molecule has 1 saturated carbocycles. The molecule has 3 rings (SSSR count). The number of hydrogen-bond donors (Lipinski definition) is 3. The van der Waals surface area contributed by atoms with Gasteiger partial charge in [0.05, 0.1) is 19.9 Å². The number of anilines is 1. The number of methoxy groups -OCH3 is 2. The van der Waals surface area contributed by atoms with Gasteiger partial charge in [0.25, 0.3) is 11.8 Å². The lowest BCUT2D eigenvalue weighted by Crippen LogP contribution is -2.48. The summed E-state index contributed by atoms with van der Waals surface area (Å²) in [6, 6.07) is 4.04. The highest BCUT2D eigenvalue weighted by Crippen LogP contribution is 2.38. The van der Waals surface area contributed by atoms with Crippen LogP contribution in [-0.4, -0.2) is 53.8 Å². The van der Waals surface area contributed by atoms with Gasteiger partial charge < -0.3 is 31.2 Å². The van der Waals surface area contributed by atoms with E-state index in [0.717, 1.165) is 43.6 Å². The Morgan fingerprint density at radius 1 is 1.17 bits per heavy atom. The van der Waals surface area contributed by atoms with Gasteiger partial charge in [0.15, 0.2) is 17.2 Å². The Hall–Kier alpha value is -3.34. The van der Waals surface area contributed by atoms with Crippen LogP contribution in [0.15, 0.2) is 18.2 Å². The van der Waals surface area contributed by atoms with Gasteiger partial charge in [-0.15, -0.1) is 0 Å². The van der Waals surface area contributed by atoms with Crippen LogP contribution in [-0.2, 0) is 4.79 Å². The lowest BCUT2D eigenvalue weighted by molar-refractivity contribution is -0.126. The van der Waals surface area contributed by atoms with E-state index in [1.54, 1.807) is 23.1 Å². The highest BCUT2D eigenvalue weighted by atomic mass is 32.1. The molecule has 196 valence electrons. The number of carbonyl (C=O) groups excluding carboxylic acids is 3. The number of nitrogens with one attached hydrogen (secondary N) is 1. The van der Waals surface area contributed by atoms with Crippen LogP contribution in [0.1, 0.15) is 77.7 Å². The number of carbonyl (C=O) groups is 3. The number of ether oxygens (including phenoxy) is 2. The molecule has 1 aliphatic carbocycles. The Morgan fingerprint density at radius 3 is 2.39 bits per heavy atom. The topological polar surface area (TPSA) is 150 Å². The van der Waals surface area contributed by atoms with Crippen LogP contribution in [0.5, 0.6) is 11.5 Å². The Labute approximate surface area is 215 Å². The fourth-order valence-corrected chi connectivity index (χ4v) is 5.21. The van der Waals surface area contributed by atoms with Crippen LogP contribution < -0.4 is 26.3 Å². The second kappa shape index (κ2) is 12.1. The van der Waals surface area contributed by atoms with Gasteiger partial charge in [-0.3, -0.25) is 14.4 Å². The first-order chi connectivity index (χ1) is 17.2. The Kier molecular flexibility index (Phi) is 9.14. The van der Waals surface area contributed by atoms with Crippen LogP contribution >= 0.6 is 11.5 Å². The molecule has 1 aromatic heterocycles. The molecule has 10 nitrogen and oxygen atoms in total. The fourth-order valence-electron chi connectivity index (χ4n) is 4.46. The molecule has 0 aliphatic heterocycles. The number of primary amides is 1. The molecular formula is C25H35N5O5S. The summed E-state index contributed by atoms with van der Waals surface area (Å²) in [5, 5.41) is 3.00. The van der Waals surface area contributed by atoms with Crippen molar-refractivity contribution >= 4 is 34.9 Å². The summed E-state index contributed by atoms with van der Waals surface area (Å²) in [4.78, 5) is 41.1. The molecule has 3 amide bonds. The third-order valence-corrected chi connectivity index (χ3v) is 7.23. The molecule has 1 heterocycles. The first kappa shape index (κ1) is 27.3. The van der Waals surface area contributed by atoms with E-state index < -0.39 is 17.9 Å². The van der Waals surface area contributed by atoms with Gasteiger partial charge in [0.2, 0.25) is 5.91 Å². The van der Waals surface area contributed by atoms with E-state index in [0.29, 0.717) is 29.5 Å². The second-order valence-corrected chi connectivity index (χ2v) is 10.1. The summed E-state index contributed by atoms with van der Waals surface area (Å²) in [5.41, 5.74) is 11.9. The largest absolute Gasteiger partial charge is 0.493 e. The fraction of sp³-hybridized carbons (Fsp3) is 0.520. The maximum atomic E-state index is 14.0. The van der Waals surface area contributed by atoms with Gasteiger partial charge >= 0.3 is 0 Å². The van der Waals surface area contributed by atoms with E-state index in [2.05, 4.69) is 23.5 Å². The van der Waals surface area contributed by atoms with Crippen LogP contribution in [0.3, 0.4) is 0 Å². The van der Waals surface area contributed by atoms with E-state index in [9.17, 15) is 14.4 Å². The lowest BCUT2D eigenvalue weighted by atomic mass is 9.99. The monoisotopic (exact) mass is 517 g/mol. The number of nitrogen functional groups attached to an aromatic ring is 1. The summed E-state index contributed by atoms with van der Waals surface area (Å²) in [6.07, 6.45) is 4.16. The summed E-state index contributed by atoms with van der Waals surface area (Å²) in [5.74, 6) is -0.205. The first-order valence-electron chi connectivity index (χ1n) is 12.1. The zero-order valence-corrected chi connectivity index (χ0v) is 22.0. The Morgan fingerprint density at radius 2 is 1.83 bits per heavy atom. The Bertz CT molecular complexity index is 1100. The van der Waals surface area contributed by atoms with Crippen molar-refractivity contribution in [3.05, 3.63) is 34.3 Å². The van der Waals surface area contributed by atoms with Crippen molar-refractivity contribution < 1.29 is 23.9 Å². The predicted octanol–water partition coefficient (Wildman–Crippen LogP) is 3.13. The minimum atomic E-state index is -0.953. The van der Waals surface area contributed by atoms with Gasteiger partial charge in [0, 0.05) is 12.6 Å². The molecule has 0 saturated heterocycles. The summed E-state index contributed by atoms with van der Waals surface area (Å²) < 4.78 is 14.8. The molecule has 1 atom stereocenters. The molecule has 36 heavy (non-hydrogen) atoms. The third kappa shape index (κ3) is 5.89. The highest BCUT2D eigenvalue weighted by Gasteiger charge is 2.40. The third-order valence-electron chi connectivity index (χ3n) is 6.38. The van der Waals surface area contributed by atoms with Crippen molar-refractivity contribution in [3.63, 3.8) is 0 Å². The number of aromatic nitrogens is 1. The number of rotatable bonds is 11. The molecule has 5 N–H and O–H groups in total. The van der Waals surface area contributed by atoms with Crippen molar-refractivity contribution in [1.29, 1.82) is 0 Å². The first-order valence-corrected chi connectivity index (χ1v) is 12.8. The average Bonchev–Trinajstić information content (AvgIpc) is 3.51. The maximum Gasteiger partial charge on any atom is 0.270 e. The van der Waals surface area contributed by atoms with Crippen molar-refractivity contribution in [2.24, 2.45) is 11.7 Å². The van der Waals surface area contributed by atoms with E-state index >= 15 is 0 Å². The second-order valence-electron chi connectivity index (χ2n) is 9.28. The molecular weight excluding hydrogens is 482 g/mol. The normalized spacial score (nSPS) is 14.5. The molecule has 2 aromatic rings. The zero-order chi connectivity index (χ0) is 26.4. The molecule has 11 heteroatoms. The van der Waals surface area contributed by atoms with E-state index in [4.69, 9.17) is 20.9 Å². The van der Waals surface area contributed by atoms with Crippen molar-refractivity contribution in [2.75, 3.05) is 26.5 Å². The molecule has 0 spiro atoms. The highest BCUT2D eigenvalue weighted by molar-refractivity contribution is 7.09. The molecule has 1 aliphatic rings. The number of nitrogens with two attached hydrogens (primary N) is 2. The van der Waals surface area contributed by atoms with Gasteiger partial charge in [-0.2, -0.15) is 4.37 Å². The number of nitrogens with zero attached hydrogens (tertiary/aromatic N) is 2. The SMILES string of the molecule is COc1ccc(C(C(=O)NCCC(C)C)N(C(=O)c2snc(C(N)=O)c2N)C2CCCC2)cc1OC. The summed E-state index contributed by atoms with van der Waals surface area (Å²) in [7, 11) is 3.05. The number of benzene rings is 1. The van der Waals surface area contributed by atoms with Gasteiger partial charge in [-0.25, -0.2) is 0 Å². The molecule has 0 bridgehead atoms. The van der Waals surface area contributed by atoms with E-state index in [1.807, 2.05) is 0 Å². The van der Waals surface area contributed by atoms with Crippen molar-refractivity contribution in [3.8, 4) is 11.5 Å². The molecule has 1 unspecified atom stereocenters. The van der Waals surface area contributed by atoms with E-state index in [1.165, 1.54) is 14.2 Å². The number of amides is 3. The molecule has 1 fully saturated rings. The summed E-state index contributed by atoms with van der Waals surface area (Å²) in [6.45, 7) is 4.63. The van der Waals surface area contributed by atoms with E-state index in [-0.39, 0.29) is 28.2 Å². The van der Waals surface area contributed by atoms with Crippen molar-refractivity contribution in [2.45, 2.75) is 58.0 Å². The maximum absolute atomic E-state index is 14.0. The molecule has 0 radical (unpaired) electrons. The van der Waals surface area contributed by atoms with Crippen LogP contribution in [0.4, 0.5) is 5.69 Å². The summed E-state index contributed by atoms with van der Waals surface area (Å²) >= 11 is 0.816. The minimum Gasteiger partial charge on any atom is -0.493 e. The minimum absolute atomic E-state index is 0.0632. The van der Waals surface area contributed by atoms with Crippen LogP contribution in [0, 0.1) is 5.92 Å². The van der Waals surface area contributed by atoms with Crippen LogP contribution in [0.2, 0.25) is 0 Å². The number of hydrogen-bond acceptors (Lipinski definition) is 8. The molecule has 1 aromatic carbocycles. The Balaban J connectivity index is 2.11. The standard InChI is InChI=1S/C25H35N5O5S/c1-14(2)11-12-28-24(32)21(15-9-10-17(34-3)18(13-15)35-4)30(16-7-5-6-8-16)25(33)22-19(26)20(23(27)31)29-36-22/h9-10,13-14,16,21H,5-8,11-12,26H2,1-4H3,(H2,27,31)(H,28,32). The van der Waals surface area contributed by atoms with Gasteiger partial charge in [0.1, 0.15) is 10.9 Å². The van der Waals surface area contributed by atoms with Gasteiger partial charge in [-0.05, 0) is 54.4 Å². The predicted molar refractivity (Wildman–Crippen MR) is 138 cm³/mol.